The summed E-state index contributed by atoms with van der Waals surface area (Å²) < 4.78 is 26.4. The van der Waals surface area contributed by atoms with Gasteiger partial charge >= 0.3 is 0 Å². The summed E-state index contributed by atoms with van der Waals surface area (Å²) in [7, 11) is -0.146. The second kappa shape index (κ2) is 9.58. The Hall–Kier alpha value is -1.41. The van der Waals surface area contributed by atoms with E-state index in [9.17, 15) is 13.2 Å². The lowest BCUT2D eigenvalue weighted by Crippen LogP contribution is -2.33. The zero-order valence-electron chi connectivity index (χ0n) is 12.7. The Balaban J connectivity index is 0.00000441. The van der Waals surface area contributed by atoms with E-state index in [0.717, 1.165) is 0 Å². The van der Waals surface area contributed by atoms with Gasteiger partial charge in [-0.2, -0.15) is 0 Å². The standard InChI is InChI=1S/C14H21N3O3S.ClH/c1-4-8-16-21(19,20)13-7-5-6-12(11-13)14(18)17(3)10-9-15-2;/h4-7,11,15-16H,1,8-10H2,2-3H3;1H. The number of sulfonamides is 1. The van der Waals surface area contributed by atoms with Crippen LogP contribution in [0.4, 0.5) is 0 Å². The van der Waals surface area contributed by atoms with Gasteiger partial charge in [0.2, 0.25) is 10.0 Å². The number of benzene rings is 1. The van der Waals surface area contributed by atoms with Gasteiger partial charge < -0.3 is 10.2 Å². The molecule has 0 radical (unpaired) electrons. The first-order chi connectivity index (χ1) is 9.92. The molecule has 0 saturated heterocycles. The largest absolute Gasteiger partial charge is 0.340 e. The summed E-state index contributed by atoms with van der Waals surface area (Å²) in [6.45, 7) is 4.81. The van der Waals surface area contributed by atoms with E-state index in [2.05, 4.69) is 16.6 Å². The number of likely N-dealkylation sites (N-methyl/N-ethyl adjacent to an activating group) is 2. The zero-order chi connectivity index (χ0) is 15.9. The van der Waals surface area contributed by atoms with Gasteiger partial charge in [0.1, 0.15) is 0 Å². The molecule has 0 aliphatic heterocycles. The fraction of sp³-hybridized carbons (Fsp3) is 0.357. The molecular weight excluding hydrogens is 326 g/mol. The van der Waals surface area contributed by atoms with Crippen LogP contribution in [0.1, 0.15) is 10.4 Å². The van der Waals surface area contributed by atoms with Crippen LogP contribution in [0.5, 0.6) is 0 Å². The number of nitrogens with zero attached hydrogens (tertiary/aromatic N) is 1. The lowest BCUT2D eigenvalue weighted by Gasteiger charge is -2.17. The Morgan fingerprint density at radius 2 is 2.09 bits per heavy atom. The summed E-state index contributed by atoms with van der Waals surface area (Å²) in [6.07, 6.45) is 1.46. The summed E-state index contributed by atoms with van der Waals surface area (Å²) in [6, 6.07) is 5.99. The van der Waals surface area contributed by atoms with E-state index in [1.165, 1.54) is 18.2 Å². The molecule has 0 aliphatic rings. The maximum absolute atomic E-state index is 12.2. The second-order valence-corrected chi connectivity index (χ2v) is 6.27. The molecule has 8 heteroatoms. The number of hydrogen-bond donors (Lipinski definition) is 2. The van der Waals surface area contributed by atoms with Crippen LogP contribution in [0.15, 0.2) is 41.8 Å². The quantitative estimate of drug-likeness (QED) is 0.684. The van der Waals surface area contributed by atoms with Gasteiger partial charge in [-0.3, -0.25) is 4.79 Å². The predicted molar refractivity (Wildman–Crippen MR) is 90.0 cm³/mol. The first-order valence-electron chi connectivity index (χ1n) is 6.53. The highest BCUT2D eigenvalue weighted by molar-refractivity contribution is 7.89. The summed E-state index contributed by atoms with van der Waals surface area (Å²) in [5, 5.41) is 2.95. The van der Waals surface area contributed by atoms with Crippen molar-refractivity contribution in [2.75, 3.05) is 33.7 Å². The van der Waals surface area contributed by atoms with Crippen molar-refractivity contribution in [1.29, 1.82) is 0 Å². The van der Waals surface area contributed by atoms with E-state index in [1.54, 1.807) is 31.1 Å². The van der Waals surface area contributed by atoms with Gasteiger partial charge in [-0.25, -0.2) is 13.1 Å². The normalized spacial score (nSPS) is 10.6. The van der Waals surface area contributed by atoms with E-state index in [1.807, 2.05) is 0 Å². The van der Waals surface area contributed by atoms with Gasteiger partial charge in [-0.1, -0.05) is 12.1 Å². The molecule has 1 aromatic rings. The molecule has 2 N–H and O–H groups in total. The van der Waals surface area contributed by atoms with Crippen LogP contribution in [-0.4, -0.2) is 53.0 Å². The van der Waals surface area contributed by atoms with Gasteiger partial charge in [0.25, 0.3) is 5.91 Å². The molecule has 0 heterocycles. The van der Waals surface area contributed by atoms with E-state index >= 15 is 0 Å². The van der Waals surface area contributed by atoms with E-state index < -0.39 is 10.0 Å². The van der Waals surface area contributed by atoms with E-state index in [-0.39, 0.29) is 29.8 Å². The molecule has 0 saturated carbocycles. The monoisotopic (exact) mass is 347 g/mol. The maximum atomic E-state index is 12.2. The number of amides is 1. The Labute approximate surface area is 138 Å². The Morgan fingerprint density at radius 1 is 1.41 bits per heavy atom. The average Bonchev–Trinajstić information content (AvgIpc) is 2.50. The molecule has 0 fully saturated rings. The fourth-order valence-electron chi connectivity index (χ4n) is 1.65. The molecule has 1 amide bonds. The Morgan fingerprint density at radius 3 is 2.68 bits per heavy atom. The third-order valence-corrected chi connectivity index (χ3v) is 4.27. The van der Waals surface area contributed by atoms with Crippen LogP contribution < -0.4 is 10.0 Å². The van der Waals surface area contributed by atoms with Crippen molar-refractivity contribution >= 4 is 28.3 Å². The third-order valence-electron chi connectivity index (χ3n) is 2.85. The first kappa shape index (κ1) is 20.6. The minimum Gasteiger partial charge on any atom is -0.340 e. The van der Waals surface area contributed by atoms with Gasteiger partial charge in [0.05, 0.1) is 4.90 Å². The second-order valence-electron chi connectivity index (χ2n) is 4.50. The molecule has 1 rings (SSSR count). The van der Waals surface area contributed by atoms with Gasteiger partial charge in [-0.15, -0.1) is 19.0 Å². The molecule has 0 spiro atoms. The number of rotatable bonds is 8. The fourth-order valence-corrected chi connectivity index (χ4v) is 2.69. The topological polar surface area (TPSA) is 78.5 Å². The highest BCUT2D eigenvalue weighted by atomic mass is 35.5. The van der Waals surface area contributed by atoms with Crippen molar-refractivity contribution in [2.45, 2.75) is 4.90 Å². The summed E-state index contributed by atoms with van der Waals surface area (Å²) in [5.74, 6) is -0.217. The van der Waals surface area contributed by atoms with Crippen LogP contribution in [0.2, 0.25) is 0 Å². The van der Waals surface area contributed by atoms with Crippen molar-refractivity contribution in [3.05, 3.63) is 42.5 Å². The maximum Gasteiger partial charge on any atom is 0.253 e. The van der Waals surface area contributed by atoms with Crippen LogP contribution in [0.25, 0.3) is 0 Å². The molecule has 0 bridgehead atoms. The lowest BCUT2D eigenvalue weighted by atomic mass is 10.2. The van der Waals surface area contributed by atoms with E-state index in [0.29, 0.717) is 18.7 Å². The number of halogens is 1. The minimum atomic E-state index is -3.63. The van der Waals surface area contributed by atoms with Crippen molar-refractivity contribution < 1.29 is 13.2 Å². The van der Waals surface area contributed by atoms with Crippen LogP contribution in [0.3, 0.4) is 0 Å². The molecule has 0 atom stereocenters. The van der Waals surface area contributed by atoms with Crippen LogP contribution in [0, 0.1) is 0 Å². The molecule has 1 aromatic carbocycles. The van der Waals surface area contributed by atoms with Crippen molar-refractivity contribution in [3.8, 4) is 0 Å². The molecule has 0 unspecified atom stereocenters. The van der Waals surface area contributed by atoms with Crippen molar-refractivity contribution in [2.24, 2.45) is 0 Å². The van der Waals surface area contributed by atoms with Gasteiger partial charge in [0.15, 0.2) is 0 Å². The minimum absolute atomic E-state index is 0. The first-order valence-corrected chi connectivity index (χ1v) is 8.01. The highest BCUT2D eigenvalue weighted by Gasteiger charge is 2.17. The molecular formula is C14H22ClN3O3S. The number of carbonyl (C=O) groups excluding carboxylic acids is 1. The molecule has 0 aromatic heterocycles. The number of carbonyl (C=O) groups is 1. The van der Waals surface area contributed by atoms with Gasteiger partial charge in [0, 0.05) is 32.2 Å². The third kappa shape index (κ3) is 5.76. The van der Waals surface area contributed by atoms with Crippen LogP contribution in [-0.2, 0) is 10.0 Å². The summed E-state index contributed by atoms with van der Waals surface area (Å²) in [5.41, 5.74) is 0.343. The molecule has 0 aliphatic carbocycles. The van der Waals surface area contributed by atoms with Crippen LogP contribution >= 0.6 is 12.4 Å². The Bertz CT molecular complexity index is 605. The van der Waals surface area contributed by atoms with Crippen molar-refractivity contribution in [1.82, 2.24) is 14.9 Å². The van der Waals surface area contributed by atoms with Crippen molar-refractivity contribution in [3.63, 3.8) is 0 Å². The molecule has 6 nitrogen and oxygen atoms in total. The summed E-state index contributed by atoms with van der Waals surface area (Å²) in [4.78, 5) is 13.8. The molecule has 124 valence electrons. The average molecular weight is 348 g/mol. The summed E-state index contributed by atoms with van der Waals surface area (Å²) >= 11 is 0. The zero-order valence-corrected chi connectivity index (χ0v) is 14.3. The SMILES string of the molecule is C=CCNS(=O)(=O)c1cccc(C(=O)N(C)CCNC)c1.Cl. The van der Waals surface area contributed by atoms with Gasteiger partial charge in [-0.05, 0) is 25.2 Å². The predicted octanol–water partition coefficient (Wildman–Crippen LogP) is 0.864. The van der Waals surface area contributed by atoms with E-state index in [4.69, 9.17) is 0 Å². The highest BCUT2D eigenvalue weighted by Crippen LogP contribution is 2.12. The number of nitrogens with one attached hydrogen (secondary N) is 2. The molecule has 22 heavy (non-hydrogen) atoms. The lowest BCUT2D eigenvalue weighted by molar-refractivity contribution is 0.0796. The smallest absolute Gasteiger partial charge is 0.253 e. The Kier molecular flexibility index (Phi) is 8.96. The number of hydrogen-bond acceptors (Lipinski definition) is 4.